The minimum atomic E-state index is -0.403. The Hall–Kier alpha value is -0.107. The number of amides is 1. The average Bonchev–Trinajstić information content (AvgIpc) is 2.28. The van der Waals surface area contributed by atoms with Crippen molar-refractivity contribution in [3.05, 3.63) is 6.92 Å². The summed E-state index contributed by atoms with van der Waals surface area (Å²) < 4.78 is 5.28. The number of carbonyl (C=O) groups excluding carboxylic acids is 1. The van der Waals surface area contributed by atoms with Crippen LogP contribution >= 0.6 is 0 Å². The Morgan fingerprint density at radius 3 is 2.27 bits per heavy atom. The summed E-state index contributed by atoms with van der Waals surface area (Å²) >= 11 is 0. The largest absolute Gasteiger partial charge is 2.00 e. The van der Waals surface area contributed by atoms with E-state index in [1.54, 1.807) is 4.90 Å². The quantitative estimate of drug-likeness (QED) is 0.496. The third-order valence-corrected chi connectivity index (χ3v) is 2.42. The maximum Gasteiger partial charge on any atom is 2.00 e. The van der Waals surface area contributed by atoms with Gasteiger partial charge in [0.2, 0.25) is 0 Å². The Morgan fingerprint density at radius 1 is 1.40 bits per heavy atom. The van der Waals surface area contributed by atoms with Gasteiger partial charge >= 0.3 is 25.6 Å². The molecule has 0 aliphatic carbocycles. The van der Waals surface area contributed by atoms with E-state index in [4.69, 9.17) is 4.74 Å². The van der Waals surface area contributed by atoms with Crippen molar-refractivity contribution in [2.24, 2.45) is 11.8 Å². The molecule has 1 saturated heterocycles. The maximum atomic E-state index is 11.6. The molecule has 0 saturated carbocycles. The fraction of sp³-hybridized carbons (Fsp3) is 0.818. The molecule has 0 radical (unpaired) electrons. The monoisotopic (exact) mass is 262 g/mol. The second-order valence-corrected chi connectivity index (χ2v) is 5.12. The van der Waals surface area contributed by atoms with Crippen molar-refractivity contribution in [3.63, 3.8) is 0 Å². The zero-order chi connectivity index (χ0) is 10.9. The van der Waals surface area contributed by atoms with Crippen LogP contribution in [0.1, 0.15) is 27.7 Å². The van der Waals surface area contributed by atoms with Crippen LogP contribution in [-0.2, 0) is 24.2 Å². The first-order valence-electron chi connectivity index (χ1n) is 5.10. The number of hydrogen-bond acceptors (Lipinski definition) is 2. The molecule has 1 aliphatic heterocycles. The Bertz CT molecular complexity index is 215. The molecule has 1 amide bonds. The van der Waals surface area contributed by atoms with Crippen LogP contribution in [-0.4, -0.2) is 29.7 Å². The molecule has 0 aromatic carbocycles. The average molecular weight is 264 g/mol. The van der Waals surface area contributed by atoms with E-state index >= 15 is 0 Å². The molecule has 0 aromatic rings. The van der Waals surface area contributed by atoms with E-state index in [0.717, 1.165) is 13.1 Å². The molecule has 0 N–H and O–H groups in total. The molecule has 1 heterocycles. The van der Waals surface area contributed by atoms with Gasteiger partial charge in [-0.2, -0.15) is 0 Å². The second-order valence-electron chi connectivity index (χ2n) is 5.12. The van der Waals surface area contributed by atoms with Crippen LogP contribution in [0, 0.1) is 18.8 Å². The minimum absolute atomic E-state index is 0. The minimum Gasteiger partial charge on any atom is -0.444 e. The van der Waals surface area contributed by atoms with Gasteiger partial charge in [-0.3, -0.25) is 0 Å². The molecular formula is C11H20NO2Zn+. The summed E-state index contributed by atoms with van der Waals surface area (Å²) in [6.45, 7) is 13.2. The molecule has 3 nitrogen and oxygen atoms in total. The van der Waals surface area contributed by atoms with Gasteiger partial charge in [0.05, 0.1) is 0 Å². The molecule has 82 valence electrons. The summed E-state index contributed by atoms with van der Waals surface area (Å²) in [5, 5.41) is 0. The fourth-order valence-electron chi connectivity index (χ4n) is 1.51. The molecule has 1 unspecified atom stereocenters. The predicted molar refractivity (Wildman–Crippen MR) is 55.8 cm³/mol. The first kappa shape index (κ1) is 14.9. The summed E-state index contributed by atoms with van der Waals surface area (Å²) in [5.41, 5.74) is -0.403. The van der Waals surface area contributed by atoms with Gasteiger partial charge in [-0.25, -0.2) is 4.79 Å². The standard InChI is InChI=1S/C11H20NO2.Zn/c1-8-6-12(7-9(8)2)10(13)14-11(3,4)5;/h8-9H,1,6-7H2,2-5H3;/q-1;+2/t8-,9?;/m0./s1. The van der Waals surface area contributed by atoms with Crippen molar-refractivity contribution in [2.45, 2.75) is 33.3 Å². The van der Waals surface area contributed by atoms with Crippen molar-refractivity contribution >= 4 is 6.09 Å². The van der Waals surface area contributed by atoms with Gasteiger partial charge in [0, 0.05) is 6.54 Å². The summed E-state index contributed by atoms with van der Waals surface area (Å²) in [6, 6.07) is 0. The van der Waals surface area contributed by atoms with Crippen molar-refractivity contribution in [1.82, 2.24) is 4.90 Å². The predicted octanol–water partition coefficient (Wildman–Crippen LogP) is 2.32. The molecule has 0 spiro atoms. The van der Waals surface area contributed by atoms with Crippen LogP contribution in [0.5, 0.6) is 0 Å². The molecule has 4 heteroatoms. The van der Waals surface area contributed by atoms with Gasteiger partial charge < -0.3 is 16.6 Å². The van der Waals surface area contributed by atoms with Gasteiger partial charge in [0.25, 0.3) is 0 Å². The van der Waals surface area contributed by atoms with Gasteiger partial charge in [-0.1, -0.05) is 6.92 Å². The number of likely N-dealkylation sites (tertiary alicyclic amines) is 1. The van der Waals surface area contributed by atoms with E-state index in [2.05, 4.69) is 13.8 Å². The second kappa shape index (κ2) is 5.29. The Kier molecular flexibility index (Phi) is 5.25. The molecule has 15 heavy (non-hydrogen) atoms. The molecule has 1 fully saturated rings. The maximum absolute atomic E-state index is 11.6. The van der Waals surface area contributed by atoms with Crippen molar-refractivity contribution < 1.29 is 29.0 Å². The Morgan fingerprint density at radius 2 is 1.93 bits per heavy atom. The number of rotatable bonds is 0. The van der Waals surface area contributed by atoms with Crippen molar-refractivity contribution in [1.29, 1.82) is 0 Å². The van der Waals surface area contributed by atoms with E-state index in [9.17, 15) is 4.79 Å². The molecule has 0 aromatic heterocycles. The van der Waals surface area contributed by atoms with Crippen LogP contribution in [0.3, 0.4) is 0 Å². The molecular weight excluding hydrogens is 244 g/mol. The zero-order valence-electron chi connectivity index (χ0n) is 10.2. The van der Waals surface area contributed by atoms with Crippen LogP contribution in [0.2, 0.25) is 0 Å². The Labute approximate surface area is 105 Å². The summed E-state index contributed by atoms with van der Waals surface area (Å²) in [5.74, 6) is 0.810. The summed E-state index contributed by atoms with van der Waals surface area (Å²) in [4.78, 5) is 13.4. The van der Waals surface area contributed by atoms with E-state index < -0.39 is 5.60 Å². The van der Waals surface area contributed by atoms with E-state index in [0.29, 0.717) is 11.8 Å². The summed E-state index contributed by atoms with van der Waals surface area (Å²) in [6.07, 6.45) is -0.212. The van der Waals surface area contributed by atoms with Crippen LogP contribution < -0.4 is 0 Å². The number of nitrogens with zero attached hydrogens (tertiary/aromatic N) is 1. The number of ether oxygens (including phenoxy) is 1. The van der Waals surface area contributed by atoms with Crippen LogP contribution in [0.15, 0.2) is 0 Å². The third kappa shape index (κ3) is 4.50. The Balaban J connectivity index is 0.00000196. The van der Waals surface area contributed by atoms with Gasteiger partial charge in [-0.05, 0) is 33.2 Å². The smallest absolute Gasteiger partial charge is 0.444 e. The normalized spacial score (nSPS) is 26.1. The van der Waals surface area contributed by atoms with E-state index in [1.807, 2.05) is 20.8 Å². The zero-order valence-corrected chi connectivity index (χ0v) is 13.2. The summed E-state index contributed by atoms with van der Waals surface area (Å²) in [7, 11) is 0. The van der Waals surface area contributed by atoms with Gasteiger partial charge in [-0.15, -0.1) is 5.92 Å². The van der Waals surface area contributed by atoms with Crippen molar-refractivity contribution in [2.75, 3.05) is 13.1 Å². The van der Waals surface area contributed by atoms with E-state index in [-0.39, 0.29) is 25.6 Å². The van der Waals surface area contributed by atoms with Gasteiger partial charge in [0.1, 0.15) is 5.60 Å². The SMILES string of the molecule is [CH2-][C@H]1CN(C(=O)OC(C)(C)C)CC1C.[Zn+2]. The van der Waals surface area contributed by atoms with Crippen molar-refractivity contribution in [3.8, 4) is 0 Å². The molecule has 2 atom stereocenters. The number of carbonyl (C=O) groups is 1. The third-order valence-electron chi connectivity index (χ3n) is 2.42. The number of hydrogen-bond donors (Lipinski definition) is 0. The fourth-order valence-corrected chi connectivity index (χ4v) is 1.51. The van der Waals surface area contributed by atoms with Gasteiger partial charge in [0.15, 0.2) is 0 Å². The van der Waals surface area contributed by atoms with Crippen LogP contribution in [0.25, 0.3) is 0 Å². The molecule has 0 bridgehead atoms. The van der Waals surface area contributed by atoms with E-state index in [1.165, 1.54) is 0 Å². The molecule has 1 aliphatic rings. The van der Waals surface area contributed by atoms with Crippen LogP contribution in [0.4, 0.5) is 4.79 Å². The molecule has 1 rings (SSSR count). The topological polar surface area (TPSA) is 29.5 Å². The first-order chi connectivity index (χ1) is 6.29. The first-order valence-corrected chi connectivity index (χ1v) is 5.10.